The number of aryl methyl sites for hydroxylation is 3. The van der Waals surface area contributed by atoms with Gasteiger partial charge >= 0.3 is 5.97 Å². The lowest BCUT2D eigenvalue weighted by atomic mass is 9.86. The fourth-order valence-corrected chi connectivity index (χ4v) is 4.18. The molecule has 0 N–H and O–H groups in total. The predicted octanol–water partition coefficient (Wildman–Crippen LogP) is 5.73. The number of carbonyl (C=O) groups excluding carboxylic acids is 1. The van der Waals surface area contributed by atoms with Gasteiger partial charge in [-0.05, 0) is 54.2 Å². The highest BCUT2D eigenvalue weighted by Gasteiger charge is 2.25. The van der Waals surface area contributed by atoms with Crippen molar-refractivity contribution in [1.29, 1.82) is 0 Å². The summed E-state index contributed by atoms with van der Waals surface area (Å²) in [5.41, 5.74) is 5.43. The van der Waals surface area contributed by atoms with Crippen LogP contribution in [0, 0.1) is 12.7 Å². The van der Waals surface area contributed by atoms with Gasteiger partial charge in [-0.2, -0.15) is 0 Å². The molecule has 0 saturated heterocycles. The van der Waals surface area contributed by atoms with Crippen molar-refractivity contribution in [1.82, 2.24) is 15.0 Å². The van der Waals surface area contributed by atoms with Crippen LogP contribution in [0.2, 0.25) is 0 Å². The van der Waals surface area contributed by atoms with Crippen molar-refractivity contribution in [2.45, 2.75) is 52.7 Å². The molecule has 6 heteroatoms. The number of fused-ring (bicyclic) bond motifs is 1. The Morgan fingerprint density at radius 2 is 1.88 bits per heavy atom. The number of hydrogen-bond acceptors (Lipinski definition) is 4. The maximum absolute atomic E-state index is 15.6. The summed E-state index contributed by atoms with van der Waals surface area (Å²) in [5.74, 6) is -1.30. The minimum Gasteiger partial charge on any atom is -0.461 e. The summed E-state index contributed by atoms with van der Waals surface area (Å²) in [4.78, 5) is 12.8. The Labute approximate surface area is 193 Å². The maximum atomic E-state index is 15.6. The molecule has 0 bridgehead atoms. The molecular formula is C27H28FN3O2. The minimum atomic E-state index is -0.490. The zero-order valence-electron chi connectivity index (χ0n) is 19.2. The zero-order chi connectivity index (χ0) is 23.4. The largest absolute Gasteiger partial charge is 0.461 e. The van der Waals surface area contributed by atoms with E-state index in [-0.39, 0.29) is 24.5 Å². The van der Waals surface area contributed by atoms with Crippen LogP contribution in [0.15, 0.2) is 60.7 Å². The van der Waals surface area contributed by atoms with E-state index in [2.05, 4.69) is 30.2 Å². The third-order valence-electron chi connectivity index (χ3n) is 6.10. The summed E-state index contributed by atoms with van der Waals surface area (Å²) in [7, 11) is 0. The van der Waals surface area contributed by atoms with Gasteiger partial charge in [0.15, 0.2) is 5.82 Å². The van der Waals surface area contributed by atoms with Crippen LogP contribution in [-0.2, 0) is 29.1 Å². The van der Waals surface area contributed by atoms with Crippen molar-refractivity contribution in [3.8, 4) is 0 Å². The van der Waals surface area contributed by atoms with Gasteiger partial charge in [0.1, 0.15) is 12.1 Å². The normalized spacial score (nSPS) is 12.1. The Kier molecular flexibility index (Phi) is 6.82. The first-order valence-electron chi connectivity index (χ1n) is 11.3. The lowest BCUT2D eigenvalue weighted by Crippen LogP contribution is -2.14. The van der Waals surface area contributed by atoms with E-state index >= 15 is 4.39 Å². The Bertz CT molecular complexity index is 1270. The van der Waals surface area contributed by atoms with E-state index in [0.29, 0.717) is 17.6 Å². The Morgan fingerprint density at radius 3 is 2.61 bits per heavy atom. The maximum Gasteiger partial charge on any atom is 0.307 e. The SMILES string of the molecule is CCc1cc([C@H](CC(=O)OCc2ccccc2)c2ccc3c(nnn3CC)c2F)ccc1C. The molecule has 3 aromatic carbocycles. The van der Waals surface area contributed by atoms with Gasteiger partial charge in [0.2, 0.25) is 0 Å². The third kappa shape index (κ3) is 4.80. The topological polar surface area (TPSA) is 57.0 Å². The molecule has 0 unspecified atom stereocenters. The van der Waals surface area contributed by atoms with Crippen molar-refractivity contribution in [3.05, 3.63) is 94.3 Å². The molecule has 0 aliphatic heterocycles. The fraction of sp³-hybridized carbons (Fsp3) is 0.296. The van der Waals surface area contributed by atoms with Gasteiger partial charge in [-0.1, -0.05) is 66.7 Å². The second-order valence-corrected chi connectivity index (χ2v) is 8.18. The van der Waals surface area contributed by atoms with Gasteiger partial charge in [0, 0.05) is 12.5 Å². The number of rotatable bonds is 8. The average Bonchev–Trinajstić information content (AvgIpc) is 3.27. The lowest BCUT2D eigenvalue weighted by molar-refractivity contribution is -0.145. The summed E-state index contributed by atoms with van der Waals surface area (Å²) in [6, 6.07) is 19.2. The highest BCUT2D eigenvalue weighted by Crippen LogP contribution is 2.34. The highest BCUT2D eigenvalue weighted by atomic mass is 19.1. The summed E-state index contributed by atoms with van der Waals surface area (Å²) < 4.78 is 22.8. The monoisotopic (exact) mass is 445 g/mol. The van der Waals surface area contributed by atoms with E-state index in [1.165, 1.54) is 11.1 Å². The summed E-state index contributed by atoms with van der Waals surface area (Å²) in [6.07, 6.45) is 0.889. The zero-order valence-corrected chi connectivity index (χ0v) is 19.2. The molecule has 0 aliphatic carbocycles. The highest BCUT2D eigenvalue weighted by molar-refractivity contribution is 5.77. The van der Waals surface area contributed by atoms with Crippen LogP contribution in [0.5, 0.6) is 0 Å². The van der Waals surface area contributed by atoms with Crippen LogP contribution >= 0.6 is 0 Å². The minimum absolute atomic E-state index is 0.0311. The Balaban J connectivity index is 1.69. The first-order valence-corrected chi connectivity index (χ1v) is 11.3. The van der Waals surface area contributed by atoms with Crippen LogP contribution in [0.3, 0.4) is 0 Å². The number of aromatic nitrogens is 3. The molecule has 0 aliphatic rings. The number of nitrogens with zero attached hydrogens (tertiary/aromatic N) is 3. The first-order chi connectivity index (χ1) is 16.0. The summed E-state index contributed by atoms with van der Waals surface area (Å²) in [5, 5.41) is 8.10. The second-order valence-electron chi connectivity index (χ2n) is 8.18. The van der Waals surface area contributed by atoms with Gasteiger partial charge in [0.05, 0.1) is 11.9 Å². The van der Waals surface area contributed by atoms with Crippen molar-refractivity contribution in [2.24, 2.45) is 0 Å². The van der Waals surface area contributed by atoms with Crippen LogP contribution in [-0.4, -0.2) is 21.0 Å². The van der Waals surface area contributed by atoms with Crippen molar-refractivity contribution >= 4 is 17.0 Å². The molecule has 1 atom stereocenters. The molecule has 1 aromatic heterocycles. The smallest absolute Gasteiger partial charge is 0.307 e. The van der Waals surface area contributed by atoms with Crippen LogP contribution in [0.4, 0.5) is 4.39 Å². The van der Waals surface area contributed by atoms with Crippen LogP contribution in [0.25, 0.3) is 11.0 Å². The van der Waals surface area contributed by atoms with Crippen LogP contribution < -0.4 is 0 Å². The predicted molar refractivity (Wildman–Crippen MR) is 126 cm³/mol. The standard InChI is InChI=1S/C27H28FN3O2/c1-4-20-15-21(12-11-18(20)3)23(16-25(32)33-17-19-9-7-6-8-10-19)22-13-14-24-27(26(22)28)29-30-31(24)5-2/h6-15,23H,4-5,16-17H2,1-3H3/t23-/m0/s1. The van der Waals surface area contributed by atoms with Crippen LogP contribution in [0.1, 0.15) is 54.0 Å². The van der Waals surface area contributed by atoms with E-state index in [4.69, 9.17) is 4.74 Å². The number of hydrogen-bond donors (Lipinski definition) is 0. The Morgan fingerprint density at radius 1 is 1.09 bits per heavy atom. The number of carbonyl (C=O) groups is 1. The molecule has 0 fully saturated rings. The molecular weight excluding hydrogens is 417 g/mol. The van der Waals surface area contributed by atoms with Gasteiger partial charge < -0.3 is 4.74 Å². The molecule has 4 aromatic rings. The van der Waals surface area contributed by atoms with E-state index < -0.39 is 11.7 Å². The van der Waals surface area contributed by atoms with E-state index in [9.17, 15) is 4.79 Å². The quantitative estimate of drug-likeness (QED) is 0.325. The van der Waals surface area contributed by atoms with Crippen molar-refractivity contribution in [3.63, 3.8) is 0 Å². The average molecular weight is 446 g/mol. The third-order valence-corrected chi connectivity index (χ3v) is 6.10. The van der Waals surface area contributed by atoms with Crippen molar-refractivity contribution in [2.75, 3.05) is 0 Å². The molecule has 0 saturated carbocycles. The second kappa shape index (κ2) is 9.94. The van der Waals surface area contributed by atoms with E-state index in [0.717, 1.165) is 17.5 Å². The van der Waals surface area contributed by atoms with Gasteiger partial charge in [-0.3, -0.25) is 4.79 Å². The Hall–Kier alpha value is -3.54. The molecule has 5 nitrogen and oxygen atoms in total. The molecule has 4 rings (SSSR count). The fourth-order valence-electron chi connectivity index (χ4n) is 4.18. The molecule has 0 radical (unpaired) electrons. The molecule has 1 heterocycles. The molecule has 0 amide bonds. The first kappa shape index (κ1) is 22.6. The van der Waals surface area contributed by atoms with Gasteiger partial charge in [0.25, 0.3) is 0 Å². The lowest BCUT2D eigenvalue weighted by Gasteiger charge is -2.20. The molecule has 0 spiro atoms. The molecule has 170 valence electrons. The van der Waals surface area contributed by atoms with Gasteiger partial charge in [-0.15, -0.1) is 5.10 Å². The van der Waals surface area contributed by atoms with E-state index in [1.54, 1.807) is 10.7 Å². The summed E-state index contributed by atoms with van der Waals surface area (Å²) >= 11 is 0. The van der Waals surface area contributed by atoms with Gasteiger partial charge in [-0.25, -0.2) is 9.07 Å². The number of ether oxygens (including phenoxy) is 1. The van der Waals surface area contributed by atoms with E-state index in [1.807, 2.05) is 55.5 Å². The number of esters is 1. The number of benzene rings is 3. The molecule has 33 heavy (non-hydrogen) atoms. The number of halogens is 1. The van der Waals surface area contributed by atoms with Crippen molar-refractivity contribution < 1.29 is 13.9 Å². The summed E-state index contributed by atoms with van der Waals surface area (Å²) in [6.45, 7) is 6.87.